The molecule has 74 valence electrons. The topological polar surface area (TPSA) is 17.1 Å². The van der Waals surface area contributed by atoms with Gasteiger partial charge in [-0.3, -0.25) is 4.79 Å². The number of fused-ring (bicyclic) bond motifs is 2. The van der Waals surface area contributed by atoms with E-state index in [1.165, 1.54) is 16.7 Å². The van der Waals surface area contributed by atoms with E-state index in [4.69, 9.17) is 0 Å². The van der Waals surface area contributed by atoms with Crippen LogP contribution in [0.3, 0.4) is 0 Å². The highest BCUT2D eigenvalue weighted by Gasteiger charge is 2.27. The number of hydrogen-bond donors (Lipinski definition) is 0. The summed E-state index contributed by atoms with van der Waals surface area (Å²) < 4.78 is 0. The second kappa shape index (κ2) is 3.20. The zero-order valence-electron chi connectivity index (χ0n) is 8.44. The fraction of sp³-hybridized carbons (Fsp3) is 0.214. The van der Waals surface area contributed by atoms with Crippen LogP contribution in [-0.4, -0.2) is 5.78 Å². The van der Waals surface area contributed by atoms with Crippen LogP contribution >= 0.6 is 0 Å². The van der Waals surface area contributed by atoms with E-state index in [2.05, 4.69) is 30.4 Å². The Balaban J connectivity index is 2.16. The van der Waals surface area contributed by atoms with Crippen LogP contribution in [0.1, 0.15) is 12.8 Å². The molecule has 15 heavy (non-hydrogen) atoms. The van der Waals surface area contributed by atoms with Crippen LogP contribution in [0.2, 0.25) is 0 Å². The lowest BCUT2D eigenvalue weighted by Crippen LogP contribution is -2.20. The van der Waals surface area contributed by atoms with Gasteiger partial charge in [-0.25, -0.2) is 0 Å². The molecule has 0 N–H and O–H groups in total. The molecule has 0 aromatic rings. The summed E-state index contributed by atoms with van der Waals surface area (Å²) in [5.74, 6) is 0.346. The van der Waals surface area contributed by atoms with Crippen LogP contribution in [-0.2, 0) is 4.79 Å². The molecule has 0 aromatic carbocycles. The van der Waals surface area contributed by atoms with E-state index in [0.717, 1.165) is 6.42 Å². The SMILES string of the molecule is O=C1CC=CC2=C3CC=CC=C3C=CC12. The Kier molecular flexibility index (Phi) is 1.84. The summed E-state index contributed by atoms with van der Waals surface area (Å²) in [6.45, 7) is 0. The minimum absolute atomic E-state index is 0.0219. The highest BCUT2D eigenvalue weighted by atomic mass is 16.1. The first-order valence-electron chi connectivity index (χ1n) is 5.34. The lowest BCUT2D eigenvalue weighted by Gasteiger charge is -2.26. The minimum atomic E-state index is 0.0219. The summed E-state index contributed by atoms with van der Waals surface area (Å²) in [5.41, 5.74) is 3.81. The van der Waals surface area contributed by atoms with Crippen molar-refractivity contribution in [3.8, 4) is 0 Å². The molecule has 0 aliphatic heterocycles. The molecule has 1 atom stereocenters. The first-order valence-corrected chi connectivity index (χ1v) is 5.34. The summed E-state index contributed by atoms with van der Waals surface area (Å²) in [4.78, 5) is 11.7. The molecule has 1 nitrogen and oxygen atoms in total. The summed E-state index contributed by atoms with van der Waals surface area (Å²) >= 11 is 0. The Morgan fingerprint density at radius 3 is 3.00 bits per heavy atom. The molecule has 0 saturated heterocycles. The van der Waals surface area contributed by atoms with Gasteiger partial charge in [0.2, 0.25) is 0 Å². The first kappa shape index (κ1) is 8.66. The van der Waals surface area contributed by atoms with Crippen molar-refractivity contribution >= 4 is 5.78 Å². The number of rotatable bonds is 0. The molecule has 0 aromatic heterocycles. The van der Waals surface area contributed by atoms with Gasteiger partial charge in [0.05, 0.1) is 5.92 Å². The minimum Gasteiger partial charge on any atom is -0.298 e. The first-order chi connectivity index (χ1) is 7.36. The lowest BCUT2D eigenvalue weighted by molar-refractivity contribution is -0.119. The van der Waals surface area contributed by atoms with Gasteiger partial charge in [-0.2, -0.15) is 0 Å². The second-order valence-electron chi connectivity index (χ2n) is 4.10. The predicted octanol–water partition coefficient (Wildman–Crippen LogP) is 2.88. The maximum absolute atomic E-state index is 11.7. The van der Waals surface area contributed by atoms with E-state index in [-0.39, 0.29) is 5.92 Å². The number of Topliss-reactive ketones (excluding diaryl/α,β-unsaturated/α-hetero) is 1. The van der Waals surface area contributed by atoms with E-state index < -0.39 is 0 Å². The monoisotopic (exact) mass is 196 g/mol. The molecule has 0 saturated carbocycles. The predicted molar refractivity (Wildman–Crippen MR) is 60.3 cm³/mol. The van der Waals surface area contributed by atoms with Crippen LogP contribution < -0.4 is 0 Å². The van der Waals surface area contributed by atoms with Gasteiger partial charge >= 0.3 is 0 Å². The molecule has 3 aliphatic rings. The average molecular weight is 196 g/mol. The van der Waals surface area contributed by atoms with Crippen molar-refractivity contribution in [1.82, 2.24) is 0 Å². The normalized spacial score (nSPS) is 27.6. The number of hydrogen-bond acceptors (Lipinski definition) is 1. The van der Waals surface area contributed by atoms with Gasteiger partial charge in [-0.05, 0) is 23.1 Å². The van der Waals surface area contributed by atoms with Crippen LogP contribution in [0.5, 0.6) is 0 Å². The van der Waals surface area contributed by atoms with E-state index in [0.29, 0.717) is 12.2 Å². The number of carbonyl (C=O) groups is 1. The van der Waals surface area contributed by atoms with Gasteiger partial charge in [-0.15, -0.1) is 0 Å². The van der Waals surface area contributed by atoms with E-state index in [9.17, 15) is 4.79 Å². The molecule has 3 rings (SSSR count). The third-order valence-corrected chi connectivity index (χ3v) is 3.20. The zero-order chi connectivity index (χ0) is 10.3. The highest BCUT2D eigenvalue weighted by molar-refractivity contribution is 5.90. The van der Waals surface area contributed by atoms with Gasteiger partial charge < -0.3 is 0 Å². The van der Waals surface area contributed by atoms with Crippen molar-refractivity contribution in [2.24, 2.45) is 5.92 Å². The van der Waals surface area contributed by atoms with Crippen LogP contribution in [0.15, 0.2) is 59.3 Å². The fourth-order valence-electron chi connectivity index (χ4n) is 2.42. The fourth-order valence-corrected chi connectivity index (χ4v) is 2.42. The molecule has 0 radical (unpaired) electrons. The maximum Gasteiger partial charge on any atom is 0.147 e. The van der Waals surface area contributed by atoms with Crippen LogP contribution in [0.25, 0.3) is 0 Å². The Morgan fingerprint density at radius 2 is 2.07 bits per heavy atom. The summed E-state index contributed by atoms with van der Waals surface area (Å²) in [6.07, 6.45) is 16.1. The van der Waals surface area contributed by atoms with Crippen molar-refractivity contribution in [3.05, 3.63) is 59.3 Å². The number of ketones is 1. The molecule has 1 heteroatoms. The molecule has 3 aliphatic carbocycles. The molecule has 0 bridgehead atoms. The van der Waals surface area contributed by atoms with Gasteiger partial charge in [0.15, 0.2) is 0 Å². The smallest absolute Gasteiger partial charge is 0.147 e. The van der Waals surface area contributed by atoms with Gasteiger partial charge in [0, 0.05) is 6.42 Å². The van der Waals surface area contributed by atoms with E-state index in [1.54, 1.807) is 0 Å². The molecule has 0 spiro atoms. The summed E-state index contributed by atoms with van der Waals surface area (Å²) in [7, 11) is 0. The molecule has 0 heterocycles. The highest BCUT2D eigenvalue weighted by Crippen LogP contribution is 2.36. The molecule has 1 unspecified atom stereocenters. The standard InChI is InChI=1S/C14H12O/c15-14-7-3-6-12-11-5-2-1-4-10(11)8-9-13(12)14/h1-4,6,8-9,13H,5,7H2. The molecule has 0 fully saturated rings. The number of carbonyl (C=O) groups excluding carboxylic acids is 1. The van der Waals surface area contributed by atoms with Gasteiger partial charge in [0.1, 0.15) is 5.78 Å². The van der Waals surface area contributed by atoms with E-state index in [1.807, 2.05) is 12.2 Å². The Labute approximate surface area is 89.2 Å². The van der Waals surface area contributed by atoms with Crippen molar-refractivity contribution in [1.29, 1.82) is 0 Å². The lowest BCUT2D eigenvalue weighted by atomic mass is 9.77. The molecule has 0 amide bonds. The van der Waals surface area contributed by atoms with Crippen molar-refractivity contribution in [2.45, 2.75) is 12.8 Å². The maximum atomic E-state index is 11.7. The van der Waals surface area contributed by atoms with Crippen molar-refractivity contribution in [2.75, 3.05) is 0 Å². The van der Waals surface area contributed by atoms with E-state index >= 15 is 0 Å². The summed E-state index contributed by atoms with van der Waals surface area (Å²) in [6, 6.07) is 0. The Morgan fingerprint density at radius 1 is 1.13 bits per heavy atom. The Bertz CT molecular complexity index is 470. The largest absolute Gasteiger partial charge is 0.298 e. The van der Waals surface area contributed by atoms with Gasteiger partial charge in [-0.1, -0.05) is 42.5 Å². The third-order valence-electron chi connectivity index (χ3n) is 3.20. The molecular weight excluding hydrogens is 184 g/mol. The number of allylic oxidation sites excluding steroid dienone is 10. The third kappa shape index (κ3) is 1.27. The van der Waals surface area contributed by atoms with Crippen molar-refractivity contribution in [3.63, 3.8) is 0 Å². The average Bonchev–Trinajstić information content (AvgIpc) is 2.29. The zero-order valence-corrected chi connectivity index (χ0v) is 8.44. The Hall–Kier alpha value is -1.63. The van der Waals surface area contributed by atoms with Gasteiger partial charge in [0.25, 0.3) is 0 Å². The quantitative estimate of drug-likeness (QED) is 0.582. The van der Waals surface area contributed by atoms with Crippen molar-refractivity contribution < 1.29 is 4.79 Å². The summed E-state index contributed by atoms with van der Waals surface area (Å²) in [5, 5.41) is 0. The van der Waals surface area contributed by atoms with Crippen LogP contribution in [0.4, 0.5) is 0 Å². The van der Waals surface area contributed by atoms with Crippen LogP contribution in [0, 0.1) is 5.92 Å². The molecular formula is C14H12O. The second-order valence-corrected chi connectivity index (χ2v) is 4.10.